The normalized spacial score (nSPS) is 14.0. The van der Waals surface area contributed by atoms with E-state index in [1.165, 1.54) is 96.3 Å². The molecule has 0 spiro atoms. The molecule has 5 nitrogen and oxygen atoms in total. The summed E-state index contributed by atoms with van der Waals surface area (Å²) in [6, 6.07) is 0. The van der Waals surface area contributed by atoms with Gasteiger partial charge in [-0.25, -0.2) is 0 Å². The van der Waals surface area contributed by atoms with E-state index in [1.54, 1.807) is 0 Å². The molecule has 0 amide bonds. The fraction of sp³-hybridized carbons (Fsp3) is 1.00. The van der Waals surface area contributed by atoms with E-state index in [4.69, 9.17) is 9.05 Å². The van der Waals surface area contributed by atoms with Gasteiger partial charge in [-0.2, -0.15) is 0 Å². The van der Waals surface area contributed by atoms with Gasteiger partial charge >= 0.3 is 0 Å². The number of rotatable bonds is 25. The van der Waals surface area contributed by atoms with E-state index < -0.39 is 7.82 Å². The lowest BCUT2D eigenvalue weighted by molar-refractivity contribution is -0.890. The van der Waals surface area contributed by atoms with Crippen LogP contribution in [0, 0.1) is 0 Å². The molecule has 0 heterocycles. The molecule has 0 N–H and O–H groups in total. The molecular formula is C26H56NO4P. The highest BCUT2D eigenvalue weighted by molar-refractivity contribution is 7.45. The van der Waals surface area contributed by atoms with Crippen molar-refractivity contribution in [3.8, 4) is 0 Å². The van der Waals surface area contributed by atoms with Crippen LogP contribution in [0.3, 0.4) is 0 Å². The lowest BCUT2D eigenvalue weighted by Gasteiger charge is -2.31. The Hall–Kier alpha value is 0.0700. The van der Waals surface area contributed by atoms with Gasteiger partial charge in [0, 0.05) is 0 Å². The zero-order valence-electron chi connectivity index (χ0n) is 22.1. The van der Waals surface area contributed by atoms with Crippen molar-refractivity contribution in [1.82, 2.24) is 0 Å². The molecule has 0 aromatic rings. The molecule has 0 bridgehead atoms. The zero-order valence-corrected chi connectivity index (χ0v) is 23.0. The number of quaternary nitrogens is 1. The summed E-state index contributed by atoms with van der Waals surface area (Å²) in [6.45, 7) is 6.64. The highest BCUT2D eigenvalue weighted by Gasteiger charge is 2.17. The van der Waals surface area contributed by atoms with Crippen LogP contribution in [0.25, 0.3) is 0 Å². The Morgan fingerprint density at radius 1 is 0.562 bits per heavy atom. The molecule has 0 aliphatic carbocycles. The van der Waals surface area contributed by atoms with Crippen molar-refractivity contribution in [2.75, 3.05) is 40.4 Å². The molecule has 0 aliphatic heterocycles. The highest BCUT2D eigenvalue weighted by atomic mass is 31.2. The lowest BCUT2D eigenvalue weighted by Crippen LogP contribution is -2.43. The Bertz CT molecular complexity index is 446. The van der Waals surface area contributed by atoms with Gasteiger partial charge in [-0.3, -0.25) is 4.57 Å². The summed E-state index contributed by atoms with van der Waals surface area (Å²) < 4.78 is 22.8. The Morgan fingerprint density at radius 2 is 0.938 bits per heavy atom. The van der Waals surface area contributed by atoms with Gasteiger partial charge in [-0.1, -0.05) is 110 Å². The topological polar surface area (TPSA) is 58.6 Å². The molecule has 0 rings (SSSR count). The molecule has 32 heavy (non-hydrogen) atoms. The summed E-state index contributed by atoms with van der Waals surface area (Å²) in [7, 11) is 0.137. The van der Waals surface area contributed by atoms with Crippen LogP contribution in [0.1, 0.15) is 129 Å². The van der Waals surface area contributed by atoms with Crippen LogP contribution >= 0.6 is 7.82 Å². The molecular weight excluding hydrogens is 421 g/mol. The molecule has 1 unspecified atom stereocenters. The van der Waals surface area contributed by atoms with Gasteiger partial charge in [0.2, 0.25) is 0 Å². The number of phosphoric acid groups is 1. The van der Waals surface area contributed by atoms with Gasteiger partial charge < -0.3 is 18.4 Å². The average Bonchev–Trinajstić information content (AvgIpc) is 2.73. The Labute approximate surface area is 200 Å². The summed E-state index contributed by atoms with van der Waals surface area (Å²) in [5, 5.41) is 0. The fourth-order valence-electron chi connectivity index (χ4n) is 3.99. The number of hydrogen-bond acceptors (Lipinski definition) is 4. The molecule has 0 saturated carbocycles. The van der Waals surface area contributed by atoms with Gasteiger partial charge in [0.25, 0.3) is 7.82 Å². The smallest absolute Gasteiger partial charge is 0.268 e. The van der Waals surface area contributed by atoms with Gasteiger partial charge in [0.1, 0.15) is 13.2 Å². The number of likely N-dealkylation sites (N-methyl/N-ethyl adjacent to an activating group) is 1. The van der Waals surface area contributed by atoms with Gasteiger partial charge in [0.05, 0.1) is 27.2 Å². The molecule has 0 fully saturated rings. The number of phosphoric ester groups is 1. The second kappa shape index (κ2) is 21.6. The largest absolute Gasteiger partial charge is 0.756 e. The third-order valence-electron chi connectivity index (χ3n) is 6.31. The van der Waals surface area contributed by atoms with Crippen LogP contribution < -0.4 is 4.89 Å². The van der Waals surface area contributed by atoms with Crippen LogP contribution in [0.4, 0.5) is 0 Å². The number of unbranched alkanes of at least 4 members (excludes halogenated alkanes) is 16. The minimum Gasteiger partial charge on any atom is -0.756 e. The first-order valence-corrected chi connectivity index (χ1v) is 15.2. The van der Waals surface area contributed by atoms with Crippen LogP contribution in [0.5, 0.6) is 0 Å². The summed E-state index contributed by atoms with van der Waals surface area (Å²) in [4.78, 5) is 11.9. The van der Waals surface area contributed by atoms with E-state index in [9.17, 15) is 9.46 Å². The van der Waals surface area contributed by atoms with Crippen molar-refractivity contribution in [3.05, 3.63) is 0 Å². The minimum atomic E-state index is -4.16. The van der Waals surface area contributed by atoms with Gasteiger partial charge in [-0.05, 0) is 19.3 Å². The second-order valence-electron chi connectivity index (χ2n) is 10.2. The number of hydrogen-bond donors (Lipinski definition) is 0. The molecule has 1 atom stereocenters. The molecule has 0 radical (unpaired) electrons. The third kappa shape index (κ3) is 23.2. The van der Waals surface area contributed by atoms with E-state index in [-0.39, 0.29) is 13.2 Å². The first kappa shape index (κ1) is 32.1. The molecule has 194 valence electrons. The van der Waals surface area contributed by atoms with Gasteiger partial charge in [0.15, 0.2) is 0 Å². The predicted molar refractivity (Wildman–Crippen MR) is 136 cm³/mol. The third-order valence-corrected chi connectivity index (χ3v) is 7.31. The van der Waals surface area contributed by atoms with Crippen molar-refractivity contribution in [2.45, 2.75) is 129 Å². The maximum Gasteiger partial charge on any atom is 0.268 e. The molecule has 6 heteroatoms. The summed E-state index contributed by atoms with van der Waals surface area (Å²) in [6.07, 6.45) is 22.9. The first-order valence-electron chi connectivity index (χ1n) is 13.7. The maximum absolute atomic E-state index is 11.9. The van der Waals surface area contributed by atoms with Crippen LogP contribution in [0.2, 0.25) is 0 Å². The van der Waals surface area contributed by atoms with Crippen molar-refractivity contribution in [3.63, 3.8) is 0 Å². The molecule has 0 aromatic heterocycles. The number of nitrogens with zero attached hydrogens (tertiary/aromatic N) is 1. The highest BCUT2D eigenvalue weighted by Crippen LogP contribution is 2.38. The SMILES string of the molecule is CCCCCCCCCCCCCC[N+](C)(C)CCOP(=O)([O-])OCCCCCCCC. The molecule has 0 saturated heterocycles. The van der Waals surface area contributed by atoms with E-state index in [0.29, 0.717) is 6.54 Å². The minimum absolute atomic E-state index is 0.197. The monoisotopic (exact) mass is 477 g/mol. The Balaban J connectivity index is 3.60. The zero-order chi connectivity index (χ0) is 24.0. The first-order chi connectivity index (χ1) is 15.3. The Morgan fingerprint density at radius 3 is 1.41 bits per heavy atom. The lowest BCUT2D eigenvalue weighted by atomic mass is 10.1. The van der Waals surface area contributed by atoms with Crippen molar-refractivity contribution >= 4 is 7.82 Å². The average molecular weight is 478 g/mol. The van der Waals surface area contributed by atoms with E-state index >= 15 is 0 Å². The Kier molecular flexibility index (Phi) is 21.6. The standard InChI is InChI=1S/C26H56NO4P/c1-5-7-9-11-13-14-15-16-17-18-19-21-23-27(3,4)24-26-31-32(28,29)30-25-22-20-12-10-8-6-2/h5-26H2,1-4H3. The van der Waals surface area contributed by atoms with Gasteiger partial charge in [-0.15, -0.1) is 0 Å². The summed E-state index contributed by atoms with van der Waals surface area (Å²) in [5.41, 5.74) is 0. The van der Waals surface area contributed by atoms with Crippen LogP contribution in [0.15, 0.2) is 0 Å². The van der Waals surface area contributed by atoms with E-state index in [2.05, 4.69) is 27.9 Å². The summed E-state index contributed by atoms with van der Waals surface area (Å²) in [5.74, 6) is 0. The molecule has 0 aromatic carbocycles. The van der Waals surface area contributed by atoms with Crippen molar-refractivity contribution in [2.24, 2.45) is 0 Å². The van der Waals surface area contributed by atoms with E-state index in [1.807, 2.05) is 0 Å². The predicted octanol–water partition coefficient (Wildman–Crippen LogP) is 7.63. The fourth-order valence-corrected chi connectivity index (χ4v) is 4.72. The van der Waals surface area contributed by atoms with Crippen LogP contribution in [-0.2, 0) is 13.6 Å². The van der Waals surface area contributed by atoms with Crippen molar-refractivity contribution < 1.29 is 23.0 Å². The maximum atomic E-state index is 11.9. The second-order valence-corrected chi connectivity index (χ2v) is 11.6. The van der Waals surface area contributed by atoms with Crippen LogP contribution in [-0.4, -0.2) is 44.9 Å². The summed E-state index contributed by atoms with van der Waals surface area (Å²) >= 11 is 0. The molecule has 0 aliphatic rings. The van der Waals surface area contributed by atoms with Crippen molar-refractivity contribution in [1.29, 1.82) is 0 Å². The quantitative estimate of drug-likeness (QED) is 0.0770. The van der Waals surface area contributed by atoms with E-state index in [0.717, 1.165) is 30.3 Å².